The molecule has 0 aliphatic heterocycles. The van der Waals surface area contributed by atoms with Crippen molar-refractivity contribution in [2.45, 2.75) is 0 Å². The molecule has 31 valence electrons. The Bertz CT molecular complexity index is 38.1. The van der Waals surface area contributed by atoms with Gasteiger partial charge >= 0.3 is 49.5 Å². The van der Waals surface area contributed by atoms with Crippen LogP contribution in [-0.2, 0) is 71.8 Å². The van der Waals surface area contributed by atoms with Crippen molar-refractivity contribution in [3.8, 4) is 0 Å². The summed E-state index contributed by atoms with van der Waals surface area (Å²) in [4.78, 5) is 0. The Hall–Kier alpha value is 1.57. The predicted molar refractivity (Wildman–Crippen MR) is 2.06 cm³/mol. The third kappa shape index (κ3) is 47.2. The molecule has 0 unspecified atom stereocenters. The van der Waals surface area contributed by atoms with E-state index in [1.807, 2.05) is 0 Å². The van der Waals surface area contributed by atoms with Gasteiger partial charge in [0.15, 0.2) is 0 Å². The summed E-state index contributed by atoms with van der Waals surface area (Å²) < 4.78 is 25.2. The van der Waals surface area contributed by atoms with E-state index >= 15 is 0 Å². The maximum absolute atomic E-state index is 8.50. The Morgan fingerprint density at radius 3 is 1.17 bits per heavy atom. The van der Waals surface area contributed by atoms with Gasteiger partial charge in [0.2, 0.25) is 0 Å². The van der Waals surface area contributed by atoms with Crippen LogP contribution in [0.2, 0.25) is 0 Å². The van der Waals surface area contributed by atoms with Gasteiger partial charge in [-0.25, -0.2) is 0 Å². The van der Waals surface area contributed by atoms with Crippen molar-refractivity contribution in [3.05, 3.63) is 0 Å². The minimum absolute atomic E-state index is 0. The zero-order valence-corrected chi connectivity index (χ0v) is 7.99. The Labute approximate surface area is 71.1 Å². The third-order valence-electron chi connectivity index (χ3n) is 0. The molecule has 3 nitrogen and oxygen atoms in total. The normalized spacial score (nSPS) is 1.83. The summed E-state index contributed by atoms with van der Waals surface area (Å²) in [6.07, 6.45) is 0. The molecular weight excluding hydrogens is 237 g/mol. The Balaban J connectivity index is -0.0000000275. The van der Waals surface area contributed by atoms with E-state index in [9.17, 15) is 0 Å². The first-order valence-electron chi connectivity index (χ1n) is 0.612. The van der Waals surface area contributed by atoms with Gasteiger partial charge in [0, 0.05) is 22.4 Å². The molecule has 0 N–H and O–H groups in total. The molecular formula is NbO3Ti2. The topological polar surface area (TPSA) is 51.2 Å². The van der Waals surface area contributed by atoms with Crippen LogP contribution in [0.4, 0.5) is 0 Å². The molecule has 0 saturated heterocycles. The van der Waals surface area contributed by atoms with Gasteiger partial charge in [-0.1, -0.05) is 0 Å². The van der Waals surface area contributed by atoms with Crippen molar-refractivity contribution in [1.29, 1.82) is 0 Å². The first kappa shape index (κ1) is 15.6. The second-order valence-electron chi connectivity index (χ2n) is 0.0833. The fourth-order valence-corrected chi connectivity index (χ4v) is 0. The van der Waals surface area contributed by atoms with Gasteiger partial charge in [-0.3, -0.25) is 0 Å². The summed E-state index contributed by atoms with van der Waals surface area (Å²) in [6.45, 7) is 0. The molecule has 0 aliphatic rings. The zero-order valence-electron chi connectivity index (χ0n) is 2.67. The van der Waals surface area contributed by atoms with E-state index in [-0.39, 0.29) is 22.4 Å². The van der Waals surface area contributed by atoms with Crippen LogP contribution in [-0.4, -0.2) is 0 Å². The van der Waals surface area contributed by atoms with Crippen LogP contribution in [0.25, 0.3) is 0 Å². The van der Waals surface area contributed by atoms with Crippen LogP contribution in [0.5, 0.6) is 0 Å². The van der Waals surface area contributed by atoms with Crippen molar-refractivity contribution in [2.24, 2.45) is 0 Å². The molecule has 0 heterocycles. The van der Waals surface area contributed by atoms with E-state index in [4.69, 9.17) is 9.97 Å². The summed E-state index contributed by atoms with van der Waals surface area (Å²) in [5.41, 5.74) is 0. The van der Waals surface area contributed by atoms with Crippen LogP contribution in [0.1, 0.15) is 0 Å². The second-order valence-corrected chi connectivity index (χ2v) is 0.344. The van der Waals surface area contributed by atoms with Gasteiger partial charge in [0.1, 0.15) is 0 Å². The summed E-state index contributed by atoms with van der Waals surface area (Å²) in [7, 11) is 0. The first-order valence-corrected chi connectivity index (χ1v) is 2.52. The van der Waals surface area contributed by atoms with Gasteiger partial charge in [-0.15, -0.1) is 0 Å². The molecule has 0 aromatic rings. The van der Waals surface area contributed by atoms with Gasteiger partial charge in [-0.05, 0) is 0 Å². The van der Waals surface area contributed by atoms with E-state index in [2.05, 4.69) is 0 Å². The van der Waals surface area contributed by atoms with Crippen molar-refractivity contribution in [3.63, 3.8) is 0 Å². The molecule has 0 fully saturated rings. The second kappa shape index (κ2) is 30.9. The quantitative estimate of drug-likeness (QED) is 0.540. The van der Waals surface area contributed by atoms with E-state index in [1.165, 1.54) is 0 Å². The predicted octanol–water partition coefficient (Wildman–Crippen LogP) is -0.364. The SMILES string of the molecule is [Nb].[O]=[Ti].[O]=[Ti]=[O]. The van der Waals surface area contributed by atoms with Crippen LogP contribution in [0.15, 0.2) is 0 Å². The van der Waals surface area contributed by atoms with Gasteiger partial charge in [0.05, 0.1) is 0 Å². The van der Waals surface area contributed by atoms with Crippen molar-refractivity contribution in [2.75, 3.05) is 0 Å². The van der Waals surface area contributed by atoms with Gasteiger partial charge in [-0.2, -0.15) is 0 Å². The fourth-order valence-electron chi connectivity index (χ4n) is 0. The van der Waals surface area contributed by atoms with E-state index < -0.39 is 19.1 Å². The van der Waals surface area contributed by atoms with E-state index in [0.29, 0.717) is 0 Å². The van der Waals surface area contributed by atoms with E-state index in [1.54, 1.807) is 0 Å². The summed E-state index contributed by atoms with van der Waals surface area (Å²) >= 11 is -1.25. The van der Waals surface area contributed by atoms with Crippen LogP contribution < -0.4 is 0 Å². The minimum atomic E-state index is -2.00. The van der Waals surface area contributed by atoms with Crippen LogP contribution in [0, 0.1) is 0 Å². The summed E-state index contributed by atoms with van der Waals surface area (Å²) in [6, 6.07) is 0. The number of rotatable bonds is 0. The maximum atomic E-state index is 8.50. The monoisotopic (exact) mass is 237 g/mol. The van der Waals surface area contributed by atoms with Crippen molar-refractivity contribution < 1.29 is 71.8 Å². The van der Waals surface area contributed by atoms with Crippen LogP contribution >= 0.6 is 0 Å². The van der Waals surface area contributed by atoms with Crippen molar-refractivity contribution in [1.82, 2.24) is 0 Å². The zero-order chi connectivity index (χ0) is 4.71. The summed E-state index contributed by atoms with van der Waals surface area (Å²) in [5, 5.41) is 0. The molecule has 0 atom stereocenters. The Kier molecular flexibility index (Phi) is 80.5. The number of hydrogen-bond acceptors (Lipinski definition) is 3. The molecule has 1 radical (unpaired) electrons. The third-order valence-corrected chi connectivity index (χ3v) is 0. The molecule has 0 spiro atoms. The molecule has 0 aromatic carbocycles. The van der Waals surface area contributed by atoms with Gasteiger partial charge in [0.25, 0.3) is 0 Å². The average molecular weight is 237 g/mol. The van der Waals surface area contributed by atoms with E-state index in [0.717, 1.165) is 20.4 Å². The average Bonchev–Trinajstić information content (AvgIpc) is 1.46. The molecule has 0 aromatic heterocycles. The Morgan fingerprint density at radius 2 is 1.17 bits per heavy atom. The molecule has 0 amide bonds. The van der Waals surface area contributed by atoms with Crippen molar-refractivity contribution >= 4 is 0 Å². The standard InChI is InChI=1S/Nb.3O.2Ti. The molecule has 0 rings (SSSR count). The molecule has 6 heteroatoms. The molecule has 0 saturated carbocycles. The number of hydrogen-bond donors (Lipinski definition) is 0. The van der Waals surface area contributed by atoms with Crippen LogP contribution in [0.3, 0.4) is 0 Å². The molecule has 6 heavy (non-hydrogen) atoms. The molecule has 0 bridgehead atoms. The fraction of sp³-hybridized carbons (Fsp3) is 0. The Morgan fingerprint density at radius 1 is 1.17 bits per heavy atom. The summed E-state index contributed by atoms with van der Waals surface area (Å²) in [5.74, 6) is 0. The van der Waals surface area contributed by atoms with Gasteiger partial charge < -0.3 is 0 Å². The molecule has 0 aliphatic carbocycles. The first-order chi connectivity index (χ1) is 2.41.